The third kappa shape index (κ3) is 3.68. The van der Waals surface area contributed by atoms with Gasteiger partial charge in [0, 0.05) is 6.54 Å². The zero-order valence-electron chi connectivity index (χ0n) is 10.5. The molecule has 2 heterocycles. The molecule has 0 aliphatic heterocycles. The number of nitrogens with zero attached hydrogens (tertiary/aromatic N) is 1. The lowest BCUT2D eigenvalue weighted by molar-refractivity contribution is 0.603. The Hall–Kier alpha value is -1.60. The second-order valence-corrected chi connectivity index (χ2v) is 6.75. The van der Waals surface area contributed by atoms with Crippen LogP contribution in [0.15, 0.2) is 40.1 Å². The van der Waals surface area contributed by atoms with Crippen molar-refractivity contribution in [2.24, 2.45) is 0 Å². The van der Waals surface area contributed by atoms with Crippen LogP contribution in [0, 0.1) is 0 Å². The summed E-state index contributed by atoms with van der Waals surface area (Å²) in [6.07, 6.45) is 2.63. The summed E-state index contributed by atoms with van der Waals surface area (Å²) in [4.78, 5) is 4.08. The molecular weight excluding hydrogens is 282 g/mol. The molecular formula is C12H15N3O2S2. The number of anilines is 2. The van der Waals surface area contributed by atoms with Crippen molar-refractivity contribution in [1.29, 1.82) is 0 Å². The van der Waals surface area contributed by atoms with E-state index in [4.69, 9.17) is 0 Å². The van der Waals surface area contributed by atoms with Crippen LogP contribution in [-0.4, -0.2) is 19.9 Å². The van der Waals surface area contributed by atoms with Crippen molar-refractivity contribution >= 4 is 32.9 Å². The van der Waals surface area contributed by atoms with E-state index < -0.39 is 10.0 Å². The number of nitrogens with one attached hydrogen (secondary N) is 2. The fraction of sp³-hybridized carbons (Fsp3) is 0.250. The minimum absolute atomic E-state index is 0.280. The Morgan fingerprint density at radius 2 is 2.16 bits per heavy atom. The van der Waals surface area contributed by atoms with Gasteiger partial charge in [0.1, 0.15) is 10.0 Å². The van der Waals surface area contributed by atoms with Gasteiger partial charge in [0.15, 0.2) is 0 Å². The van der Waals surface area contributed by atoms with Crippen LogP contribution in [-0.2, 0) is 10.0 Å². The van der Waals surface area contributed by atoms with E-state index in [9.17, 15) is 8.42 Å². The number of rotatable bonds is 6. The fourth-order valence-corrected chi connectivity index (χ4v) is 3.43. The van der Waals surface area contributed by atoms with Gasteiger partial charge in [0.2, 0.25) is 0 Å². The number of hydrogen-bond donors (Lipinski definition) is 2. The van der Waals surface area contributed by atoms with Crippen molar-refractivity contribution in [2.75, 3.05) is 16.6 Å². The van der Waals surface area contributed by atoms with Gasteiger partial charge in [-0.1, -0.05) is 13.0 Å². The highest BCUT2D eigenvalue weighted by atomic mass is 32.2. The average Bonchev–Trinajstić information content (AvgIpc) is 2.92. The highest BCUT2D eigenvalue weighted by Crippen LogP contribution is 2.19. The summed E-state index contributed by atoms with van der Waals surface area (Å²) in [5.74, 6) is 0.315. The molecule has 2 aromatic rings. The quantitative estimate of drug-likeness (QED) is 0.860. The Labute approximate surface area is 116 Å². The summed E-state index contributed by atoms with van der Waals surface area (Å²) in [6, 6.07) is 6.70. The highest BCUT2D eigenvalue weighted by Gasteiger charge is 2.15. The molecule has 0 unspecified atom stereocenters. The van der Waals surface area contributed by atoms with Gasteiger partial charge in [-0.05, 0) is 30.0 Å². The first-order valence-electron chi connectivity index (χ1n) is 5.88. The van der Waals surface area contributed by atoms with E-state index in [0.717, 1.165) is 18.7 Å². The van der Waals surface area contributed by atoms with Crippen molar-refractivity contribution < 1.29 is 8.42 Å². The largest absolute Gasteiger partial charge is 0.384 e. The Kier molecular flexibility index (Phi) is 4.39. The highest BCUT2D eigenvalue weighted by molar-refractivity contribution is 7.94. The van der Waals surface area contributed by atoms with E-state index in [1.807, 2.05) is 0 Å². The molecule has 0 aliphatic carbocycles. The van der Waals surface area contributed by atoms with Crippen molar-refractivity contribution in [3.8, 4) is 0 Å². The lowest BCUT2D eigenvalue weighted by atomic mass is 10.4. The molecule has 7 heteroatoms. The van der Waals surface area contributed by atoms with Crippen LogP contribution in [0.25, 0.3) is 0 Å². The molecule has 102 valence electrons. The van der Waals surface area contributed by atoms with Gasteiger partial charge in [0.05, 0.1) is 11.9 Å². The van der Waals surface area contributed by atoms with Crippen LogP contribution >= 0.6 is 11.3 Å². The number of aromatic nitrogens is 1. The summed E-state index contributed by atoms with van der Waals surface area (Å²) in [6.45, 7) is 2.94. The average molecular weight is 297 g/mol. The van der Waals surface area contributed by atoms with Gasteiger partial charge in [-0.2, -0.15) is 0 Å². The molecule has 0 bridgehead atoms. The predicted octanol–water partition coefficient (Wildman–Crippen LogP) is 2.77. The summed E-state index contributed by atoms with van der Waals surface area (Å²) in [5.41, 5.74) is 0.876. The van der Waals surface area contributed by atoms with E-state index in [1.54, 1.807) is 35.8 Å². The van der Waals surface area contributed by atoms with Gasteiger partial charge >= 0.3 is 0 Å². The molecule has 0 saturated carbocycles. The molecule has 0 radical (unpaired) electrons. The molecule has 2 N–H and O–H groups in total. The van der Waals surface area contributed by atoms with Crippen LogP contribution in [0.4, 0.5) is 11.5 Å². The third-order valence-corrected chi connectivity index (χ3v) is 5.09. The monoisotopic (exact) mass is 297 g/mol. The molecule has 2 rings (SSSR count). The summed E-state index contributed by atoms with van der Waals surface area (Å²) < 4.78 is 26.7. The first-order valence-corrected chi connectivity index (χ1v) is 8.24. The Morgan fingerprint density at radius 1 is 1.32 bits per heavy atom. The van der Waals surface area contributed by atoms with E-state index in [1.165, 1.54) is 11.3 Å². The standard InChI is InChI=1S/C12H15N3O2S2/c1-2-7-13-10-5-6-11(14-9-10)15-19(16,17)12-4-3-8-18-12/h3-6,8-9,13H,2,7H2,1H3,(H,14,15). The second kappa shape index (κ2) is 6.03. The molecule has 5 nitrogen and oxygen atoms in total. The zero-order chi connectivity index (χ0) is 13.7. The summed E-state index contributed by atoms with van der Waals surface area (Å²) >= 11 is 1.17. The first kappa shape index (κ1) is 13.8. The normalized spacial score (nSPS) is 11.2. The van der Waals surface area contributed by atoms with Crippen LogP contribution in [0.5, 0.6) is 0 Å². The van der Waals surface area contributed by atoms with E-state index in [-0.39, 0.29) is 4.21 Å². The van der Waals surface area contributed by atoms with Gasteiger partial charge in [0.25, 0.3) is 10.0 Å². The number of sulfonamides is 1. The lowest BCUT2D eigenvalue weighted by Gasteiger charge is -2.07. The van der Waals surface area contributed by atoms with E-state index in [2.05, 4.69) is 21.9 Å². The van der Waals surface area contributed by atoms with Crippen LogP contribution < -0.4 is 10.0 Å². The zero-order valence-corrected chi connectivity index (χ0v) is 12.1. The van der Waals surface area contributed by atoms with Crippen molar-refractivity contribution in [1.82, 2.24) is 4.98 Å². The molecule has 0 fully saturated rings. The van der Waals surface area contributed by atoms with Crippen molar-refractivity contribution in [3.05, 3.63) is 35.8 Å². The van der Waals surface area contributed by atoms with E-state index >= 15 is 0 Å². The number of thiophene rings is 1. The maximum atomic E-state index is 12.0. The fourth-order valence-electron chi connectivity index (χ4n) is 1.43. The van der Waals surface area contributed by atoms with Crippen LogP contribution in [0.3, 0.4) is 0 Å². The smallest absolute Gasteiger partial charge is 0.272 e. The molecule has 0 atom stereocenters. The SMILES string of the molecule is CCCNc1ccc(NS(=O)(=O)c2cccs2)nc1. The topological polar surface area (TPSA) is 71.1 Å². The third-order valence-electron chi connectivity index (χ3n) is 2.34. The Bertz CT molecular complexity index is 607. The minimum atomic E-state index is -3.51. The van der Waals surface area contributed by atoms with Crippen molar-refractivity contribution in [2.45, 2.75) is 17.6 Å². The van der Waals surface area contributed by atoms with E-state index in [0.29, 0.717) is 5.82 Å². The van der Waals surface area contributed by atoms with Gasteiger partial charge < -0.3 is 5.32 Å². The number of pyridine rings is 1. The molecule has 0 saturated heterocycles. The van der Waals surface area contributed by atoms with Gasteiger partial charge in [-0.25, -0.2) is 13.4 Å². The molecule has 19 heavy (non-hydrogen) atoms. The Morgan fingerprint density at radius 3 is 2.74 bits per heavy atom. The van der Waals surface area contributed by atoms with Gasteiger partial charge in [-0.15, -0.1) is 11.3 Å². The second-order valence-electron chi connectivity index (χ2n) is 3.90. The van der Waals surface area contributed by atoms with Crippen LogP contribution in [0.2, 0.25) is 0 Å². The molecule has 0 aliphatic rings. The summed E-state index contributed by atoms with van der Waals surface area (Å²) in [5, 5.41) is 4.90. The Balaban J connectivity index is 2.07. The molecule has 0 spiro atoms. The molecule has 0 aromatic carbocycles. The summed E-state index contributed by atoms with van der Waals surface area (Å²) in [7, 11) is -3.51. The minimum Gasteiger partial charge on any atom is -0.384 e. The molecule has 2 aromatic heterocycles. The maximum Gasteiger partial charge on any atom is 0.272 e. The predicted molar refractivity (Wildman–Crippen MR) is 78.1 cm³/mol. The molecule has 0 amide bonds. The van der Waals surface area contributed by atoms with Crippen LogP contribution in [0.1, 0.15) is 13.3 Å². The number of hydrogen-bond acceptors (Lipinski definition) is 5. The lowest BCUT2D eigenvalue weighted by Crippen LogP contribution is -2.12. The van der Waals surface area contributed by atoms with Crippen molar-refractivity contribution in [3.63, 3.8) is 0 Å². The maximum absolute atomic E-state index is 12.0. The first-order chi connectivity index (χ1) is 9.12. The van der Waals surface area contributed by atoms with Gasteiger partial charge in [-0.3, -0.25) is 4.72 Å².